The zero-order valence-electron chi connectivity index (χ0n) is 11.8. The van der Waals surface area contributed by atoms with Crippen molar-refractivity contribution < 1.29 is 4.79 Å². The van der Waals surface area contributed by atoms with Gasteiger partial charge in [-0.05, 0) is 26.3 Å². The minimum atomic E-state index is 0.000529. The molecular formula is C15H21N3O. The first-order valence-corrected chi connectivity index (χ1v) is 6.55. The summed E-state index contributed by atoms with van der Waals surface area (Å²) >= 11 is 0. The maximum atomic E-state index is 12.6. The number of nitrogens with zero attached hydrogens (tertiary/aromatic N) is 2. The summed E-state index contributed by atoms with van der Waals surface area (Å²) in [6.45, 7) is 7.10. The molecule has 0 radical (unpaired) electrons. The second-order valence-electron chi connectivity index (χ2n) is 4.52. The molecule has 0 saturated carbocycles. The largest absolute Gasteiger partial charge is 0.336 e. The van der Waals surface area contributed by atoms with Crippen molar-refractivity contribution in [2.45, 2.75) is 33.2 Å². The lowest BCUT2D eigenvalue weighted by atomic mass is 10.1. The Balaban J connectivity index is 3.10. The van der Waals surface area contributed by atoms with Crippen molar-refractivity contribution in [3.8, 4) is 11.8 Å². The summed E-state index contributed by atoms with van der Waals surface area (Å²) in [4.78, 5) is 18.4. The average molecular weight is 259 g/mol. The van der Waals surface area contributed by atoms with Crippen LogP contribution >= 0.6 is 0 Å². The Morgan fingerprint density at radius 1 is 1.53 bits per heavy atom. The average Bonchev–Trinajstić information content (AvgIpc) is 2.41. The molecule has 1 aromatic rings. The molecule has 102 valence electrons. The molecule has 2 N–H and O–H groups in total. The lowest BCUT2D eigenvalue weighted by Crippen LogP contribution is -2.37. The van der Waals surface area contributed by atoms with Crippen LogP contribution in [0, 0.1) is 11.8 Å². The fourth-order valence-electron chi connectivity index (χ4n) is 1.82. The van der Waals surface area contributed by atoms with Crippen LogP contribution in [0.25, 0.3) is 0 Å². The van der Waals surface area contributed by atoms with E-state index >= 15 is 0 Å². The molecule has 4 nitrogen and oxygen atoms in total. The third-order valence-electron chi connectivity index (χ3n) is 2.73. The van der Waals surface area contributed by atoms with E-state index in [1.54, 1.807) is 18.5 Å². The summed E-state index contributed by atoms with van der Waals surface area (Å²) in [5.74, 6) is 5.67. The predicted octanol–water partition coefficient (Wildman–Crippen LogP) is 1.65. The Labute approximate surface area is 115 Å². The number of amides is 1. The van der Waals surface area contributed by atoms with Gasteiger partial charge in [0.2, 0.25) is 0 Å². The third-order valence-corrected chi connectivity index (χ3v) is 2.73. The minimum absolute atomic E-state index is 0.000529. The highest BCUT2D eigenvalue weighted by Gasteiger charge is 2.19. The number of hydrogen-bond acceptors (Lipinski definition) is 3. The standard InChI is InChI=1S/C15H21N3O/c1-4-10-18(12(2)3)15(19)14-7-9-17-11-13(14)6-5-8-16/h7,9,11-12H,4,8,10,16H2,1-3H3. The van der Waals surface area contributed by atoms with E-state index in [2.05, 4.69) is 23.7 Å². The maximum Gasteiger partial charge on any atom is 0.255 e. The second-order valence-corrected chi connectivity index (χ2v) is 4.52. The molecular weight excluding hydrogens is 238 g/mol. The number of rotatable bonds is 4. The van der Waals surface area contributed by atoms with E-state index in [4.69, 9.17) is 5.73 Å². The molecule has 0 aromatic carbocycles. The molecule has 0 unspecified atom stereocenters. The summed E-state index contributed by atoms with van der Waals surface area (Å²) < 4.78 is 0. The highest BCUT2D eigenvalue weighted by Crippen LogP contribution is 2.12. The number of aromatic nitrogens is 1. The fourth-order valence-corrected chi connectivity index (χ4v) is 1.82. The highest BCUT2D eigenvalue weighted by molar-refractivity contribution is 5.96. The van der Waals surface area contributed by atoms with E-state index in [1.807, 2.05) is 18.7 Å². The van der Waals surface area contributed by atoms with Crippen LogP contribution in [0.1, 0.15) is 43.1 Å². The first-order valence-electron chi connectivity index (χ1n) is 6.55. The number of hydrogen-bond donors (Lipinski definition) is 1. The van der Waals surface area contributed by atoms with Gasteiger partial charge in [0.05, 0.1) is 17.7 Å². The molecule has 0 spiro atoms. The Bertz CT molecular complexity index is 486. The van der Waals surface area contributed by atoms with Crippen LogP contribution in [-0.4, -0.2) is 34.9 Å². The minimum Gasteiger partial charge on any atom is -0.336 e. The third kappa shape index (κ3) is 4.08. The molecule has 19 heavy (non-hydrogen) atoms. The van der Waals surface area contributed by atoms with Crippen molar-refractivity contribution in [2.24, 2.45) is 5.73 Å². The van der Waals surface area contributed by atoms with Crippen LogP contribution < -0.4 is 5.73 Å². The highest BCUT2D eigenvalue weighted by atomic mass is 16.2. The van der Waals surface area contributed by atoms with Crippen LogP contribution in [0.15, 0.2) is 18.5 Å². The van der Waals surface area contributed by atoms with E-state index < -0.39 is 0 Å². The summed E-state index contributed by atoms with van der Waals surface area (Å²) in [6, 6.07) is 1.88. The molecule has 1 aromatic heterocycles. The topological polar surface area (TPSA) is 59.2 Å². The Morgan fingerprint density at radius 3 is 2.84 bits per heavy atom. The Morgan fingerprint density at radius 2 is 2.26 bits per heavy atom. The molecule has 4 heteroatoms. The van der Waals surface area contributed by atoms with Gasteiger partial charge in [0, 0.05) is 25.0 Å². The van der Waals surface area contributed by atoms with E-state index in [9.17, 15) is 4.79 Å². The number of carbonyl (C=O) groups excluding carboxylic acids is 1. The monoisotopic (exact) mass is 259 g/mol. The van der Waals surface area contributed by atoms with Crippen molar-refractivity contribution in [3.05, 3.63) is 29.6 Å². The summed E-state index contributed by atoms with van der Waals surface area (Å²) in [5, 5.41) is 0. The normalized spacial score (nSPS) is 9.95. The molecule has 1 rings (SSSR count). The number of carbonyl (C=O) groups is 1. The van der Waals surface area contributed by atoms with Crippen molar-refractivity contribution >= 4 is 5.91 Å². The van der Waals surface area contributed by atoms with Crippen molar-refractivity contribution in [2.75, 3.05) is 13.1 Å². The van der Waals surface area contributed by atoms with Crippen LogP contribution in [0.5, 0.6) is 0 Å². The molecule has 0 bridgehead atoms. The van der Waals surface area contributed by atoms with Crippen molar-refractivity contribution in [1.29, 1.82) is 0 Å². The van der Waals surface area contributed by atoms with Gasteiger partial charge in [0.1, 0.15) is 0 Å². The predicted molar refractivity (Wildman–Crippen MR) is 76.6 cm³/mol. The zero-order valence-corrected chi connectivity index (χ0v) is 11.8. The van der Waals surface area contributed by atoms with E-state index in [-0.39, 0.29) is 18.5 Å². The van der Waals surface area contributed by atoms with Crippen LogP contribution in [0.3, 0.4) is 0 Å². The second kappa shape index (κ2) is 7.55. The molecule has 0 atom stereocenters. The summed E-state index contributed by atoms with van der Waals surface area (Å²) in [5.41, 5.74) is 6.60. The number of pyridine rings is 1. The smallest absolute Gasteiger partial charge is 0.255 e. The van der Waals surface area contributed by atoms with Gasteiger partial charge in [0.15, 0.2) is 0 Å². The fraction of sp³-hybridized carbons (Fsp3) is 0.467. The van der Waals surface area contributed by atoms with Crippen molar-refractivity contribution in [1.82, 2.24) is 9.88 Å². The quantitative estimate of drug-likeness (QED) is 0.836. The lowest BCUT2D eigenvalue weighted by Gasteiger charge is -2.26. The molecule has 0 saturated heterocycles. The van der Waals surface area contributed by atoms with E-state index in [0.717, 1.165) is 13.0 Å². The van der Waals surface area contributed by atoms with Gasteiger partial charge in [-0.3, -0.25) is 9.78 Å². The molecule has 1 heterocycles. The first-order chi connectivity index (χ1) is 9.11. The van der Waals surface area contributed by atoms with Crippen LogP contribution in [-0.2, 0) is 0 Å². The van der Waals surface area contributed by atoms with Crippen LogP contribution in [0.4, 0.5) is 0 Å². The van der Waals surface area contributed by atoms with E-state index in [1.165, 1.54) is 0 Å². The first kappa shape index (κ1) is 15.2. The molecule has 0 aliphatic heterocycles. The molecule has 0 aliphatic carbocycles. The van der Waals surface area contributed by atoms with Gasteiger partial charge in [-0.1, -0.05) is 18.8 Å². The van der Waals surface area contributed by atoms with Gasteiger partial charge in [-0.15, -0.1) is 0 Å². The van der Waals surface area contributed by atoms with Gasteiger partial charge in [0.25, 0.3) is 5.91 Å². The Hall–Kier alpha value is -1.86. The lowest BCUT2D eigenvalue weighted by molar-refractivity contribution is 0.0705. The van der Waals surface area contributed by atoms with Gasteiger partial charge >= 0.3 is 0 Å². The van der Waals surface area contributed by atoms with Gasteiger partial charge in [-0.25, -0.2) is 0 Å². The summed E-state index contributed by atoms with van der Waals surface area (Å²) in [6.07, 6.45) is 4.16. The SMILES string of the molecule is CCCN(C(=O)c1ccncc1C#CCN)C(C)C. The van der Waals surface area contributed by atoms with E-state index in [0.29, 0.717) is 11.1 Å². The number of nitrogens with two attached hydrogens (primary N) is 1. The molecule has 0 aliphatic rings. The zero-order chi connectivity index (χ0) is 14.3. The van der Waals surface area contributed by atoms with Crippen molar-refractivity contribution in [3.63, 3.8) is 0 Å². The molecule has 0 fully saturated rings. The molecule has 1 amide bonds. The van der Waals surface area contributed by atoms with Gasteiger partial charge < -0.3 is 10.6 Å². The van der Waals surface area contributed by atoms with Crippen LogP contribution in [0.2, 0.25) is 0 Å². The Kier molecular flexibility index (Phi) is 6.04. The summed E-state index contributed by atoms with van der Waals surface area (Å²) in [7, 11) is 0. The maximum absolute atomic E-state index is 12.6. The van der Waals surface area contributed by atoms with Gasteiger partial charge in [-0.2, -0.15) is 0 Å².